The van der Waals surface area contributed by atoms with Crippen LogP contribution in [-0.2, 0) is 46.7 Å². The van der Waals surface area contributed by atoms with E-state index in [-0.39, 0.29) is 56.8 Å². The number of nitrogens with zero attached hydrogens (tertiary/aromatic N) is 2. The van der Waals surface area contributed by atoms with E-state index in [9.17, 15) is 42.8 Å². The Morgan fingerprint density at radius 2 is 1.32 bits per heavy atom. The Hall–Kier alpha value is -2.68. The van der Waals surface area contributed by atoms with Crippen molar-refractivity contribution >= 4 is 78.7 Å². The summed E-state index contributed by atoms with van der Waals surface area (Å²) < 4.78 is 37.2. The molecular formula is C31H55B2N7O14P2S. The molecule has 320 valence electrons. The van der Waals surface area contributed by atoms with Crippen LogP contribution in [0.25, 0.3) is 0 Å². The molecule has 0 spiro atoms. The molecule has 2 aliphatic heterocycles. The highest BCUT2D eigenvalue weighted by molar-refractivity contribution is 8.00. The highest BCUT2D eigenvalue weighted by Gasteiger charge is 2.42. The molecule has 0 aromatic heterocycles. The quantitative estimate of drug-likeness (QED) is 0.0181. The normalized spacial score (nSPS) is 18.4. The molecule has 7 amide bonds. The van der Waals surface area contributed by atoms with Gasteiger partial charge in [0.2, 0.25) is 29.5 Å². The van der Waals surface area contributed by atoms with Crippen LogP contribution in [0.4, 0.5) is 4.79 Å². The van der Waals surface area contributed by atoms with E-state index < -0.39 is 78.2 Å². The van der Waals surface area contributed by atoms with Gasteiger partial charge in [0, 0.05) is 50.1 Å². The lowest BCUT2D eigenvalue weighted by Gasteiger charge is -2.24. The summed E-state index contributed by atoms with van der Waals surface area (Å²) in [5.74, 6) is -1.66. The number of carbonyl (C=O) groups is 6. The van der Waals surface area contributed by atoms with Crippen molar-refractivity contribution in [1.29, 1.82) is 0 Å². The smallest absolute Gasteiger partial charge is 0.356 e. The van der Waals surface area contributed by atoms with Crippen LogP contribution < -0.4 is 26.6 Å². The molecule has 0 aromatic rings. The Kier molecular flexibility index (Phi) is 24.0. The number of amides is 7. The van der Waals surface area contributed by atoms with Crippen molar-refractivity contribution in [3.63, 3.8) is 0 Å². The number of thioether (sulfide) groups is 1. The van der Waals surface area contributed by atoms with Crippen LogP contribution in [0.5, 0.6) is 0 Å². The van der Waals surface area contributed by atoms with Crippen molar-refractivity contribution in [2.75, 3.05) is 71.4 Å². The lowest BCUT2D eigenvalue weighted by atomic mass is 10.0. The van der Waals surface area contributed by atoms with Crippen molar-refractivity contribution in [3.8, 4) is 0 Å². The number of carbonyl (C=O) groups excluding carboxylic acids is 6. The number of hydrogen-bond donors (Lipinski definition) is 8. The van der Waals surface area contributed by atoms with Crippen molar-refractivity contribution in [3.05, 3.63) is 0 Å². The van der Waals surface area contributed by atoms with Gasteiger partial charge >= 0.3 is 21.7 Å². The van der Waals surface area contributed by atoms with Gasteiger partial charge in [0.15, 0.2) is 0 Å². The molecule has 0 saturated carbocycles. The Bertz CT molecular complexity index is 1420. The molecule has 0 aromatic carbocycles. The fraction of sp³-hybridized carbons (Fsp3) is 0.806. The molecule has 4 atom stereocenters. The number of phosphoric acid groups is 2. The van der Waals surface area contributed by atoms with Crippen molar-refractivity contribution in [1.82, 2.24) is 36.4 Å². The van der Waals surface area contributed by atoms with Gasteiger partial charge in [-0.1, -0.05) is 25.7 Å². The third kappa shape index (κ3) is 22.3. The average molecular weight is 865 g/mol. The minimum atomic E-state index is -4.70. The van der Waals surface area contributed by atoms with Gasteiger partial charge in [-0.25, -0.2) is 13.9 Å². The SMILES string of the molecule is [B]CC(=O)N(CCNC(=O)CN(CCOP(=O)(O)OCCCCCCCNC(=O)CCCCC1SCC2NC(=O)NC21)C(=O)C[B])CC(=O)NCCOP(=O)(O)O. The maximum Gasteiger partial charge on any atom is 0.472 e. The Labute approximate surface area is 339 Å². The fourth-order valence-corrected chi connectivity index (χ4v) is 8.44. The number of nitrogens with one attached hydrogen (secondary N) is 5. The van der Waals surface area contributed by atoms with Crippen LogP contribution in [0.2, 0.25) is 12.6 Å². The van der Waals surface area contributed by atoms with E-state index >= 15 is 0 Å². The molecule has 57 heavy (non-hydrogen) atoms. The van der Waals surface area contributed by atoms with Crippen molar-refractivity contribution < 1.29 is 66.1 Å². The molecule has 2 aliphatic rings. The van der Waals surface area contributed by atoms with Crippen molar-refractivity contribution in [2.24, 2.45) is 0 Å². The van der Waals surface area contributed by atoms with Gasteiger partial charge in [-0.2, -0.15) is 11.8 Å². The summed E-state index contributed by atoms with van der Waals surface area (Å²) in [6.07, 6.45) is 5.96. The van der Waals surface area contributed by atoms with E-state index in [1.165, 1.54) is 0 Å². The average Bonchev–Trinajstić information content (AvgIpc) is 3.71. The first-order valence-electron chi connectivity index (χ1n) is 18.8. The van der Waals surface area contributed by atoms with Gasteiger partial charge < -0.3 is 51.1 Å². The van der Waals surface area contributed by atoms with Gasteiger partial charge in [0.1, 0.15) is 0 Å². The van der Waals surface area contributed by atoms with Crippen LogP contribution in [0.1, 0.15) is 57.8 Å². The fourth-order valence-electron chi connectivity index (χ4n) is 5.82. The van der Waals surface area contributed by atoms with E-state index in [1.54, 1.807) is 0 Å². The number of rotatable bonds is 31. The highest BCUT2D eigenvalue weighted by Crippen LogP contribution is 2.43. The summed E-state index contributed by atoms with van der Waals surface area (Å²) in [7, 11) is 1.68. The van der Waals surface area contributed by atoms with Crippen molar-refractivity contribution in [2.45, 2.75) is 87.8 Å². The summed E-state index contributed by atoms with van der Waals surface area (Å²) in [6, 6.07) is 0.274. The predicted molar refractivity (Wildman–Crippen MR) is 210 cm³/mol. The van der Waals surface area contributed by atoms with Crippen LogP contribution in [0.15, 0.2) is 0 Å². The predicted octanol–water partition coefficient (Wildman–Crippen LogP) is -0.915. The number of hydrogen-bond acceptors (Lipinski definition) is 12. The van der Waals surface area contributed by atoms with Crippen LogP contribution in [-0.4, -0.2) is 164 Å². The van der Waals surface area contributed by atoms with Gasteiger partial charge in [-0.3, -0.25) is 37.5 Å². The van der Waals surface area contributed by atoms with Crippen LogP contribution in [0.3, 0.4) is 0 Å². The maximum absolute atomic E-state index is 12.5. The Morgan fingerprint density at radius 3 is 1.98 bits per heavy atom. The molecule has 8 N–H and O–H groups in total. The Morgan fingerprint density at radius 1 is 0.719 bits per heavy atom. The third-order valence-corrected chi connectivity index (χ3v) is 11.8. The number of fused-ring (bicyclic) bond motifs is 1. The number of phosphoric ester groups is 2. The monoisotopic (exact) mass is 865 g/mol. The summed E-state index contributed by atoms with van der Waals surface area (Å²) in [6.45, 7) is -2.13. The summed E-state index contributed by atoms with van der Waals surface area (Å²) in [5, 5.41) is 14.0. The minimum Gasteiger partial charge on any atom is -0.356 e. The largest absolute Gasteiger partial charge is 0.472 e. The molecule has 0 bridgehead atoms. The molecule has 2 fully saturated rings. The molecule has 2 heterocycles. The maximum atomic E-state index is 12.5. The molecule has 4 radical (unpaired) electrons. The van der Waals surface area contributed by atoms with Gasteiger partial charge in [0.25, 0.3) is 0 Å². The lowest BCUT2D eigenvalue weighted by Crippen LogP contribution is -2.46. The molecule has 21 nitrogen and oxygen atoms in total. The van der Waals surface area contributed by atoms with Gasteiger partial charge in [-0.15, -0.1) is 0 Å². The number of unbranched alkanes of at least 4 members (excludes halogenated alkanes) is 5. The van der Waals surface area contributed by atoms with E-state index in [4.69, 9.17) is 34.5 Å². The van der Waals surface area contributed by atoms with Gasteiger partial charge in [0.05, 0.1) is 60.7 Å². The molecule has 2 saturated heterocycles. The summed E-state index contributed by atoms with van der Waals surface area (Å²) in [4.78, 5) is 102. The first kappa shape index (κ1) is 50.5. The molecular weight excluding hydrogens is 810 g/mol. The Balaban J connectivity index is 1.54. The van der Waals surface area contributed by atoms with E-state index in [0.717, 1.165) is 60.5 Å². The zero-order chi connectivity index (χ0) is 42.3. The van der Waals surface area contributed by atoms with E-state index in [1.807, 2.05) is 11.8 Å². The molecule has 4 unspecified atom stereocenters. The zero-order valence-electron chi connectivity index (χ0n) is 32.0. The highest BCUT2D eigenvalue weighted by atomic mass is 32.2. The summed E-state index contributed by atoms with van der Waals surface area (Å²) in [5.41, 5.74) is 0. The van der Waals surface area contributed by atoms with Crippen LogP contribution >= 0.6 is 27.4 Å². The second kappa shape index (κ2) is 27.2. The van der Waals surface area contributed by atoms with Gasteiger partial charge in [-0.05, 0) is 38.3 Å². The number of urea groups is 1. The van der Waals surface area contributed by atoms with E-state index in [0.29, 0.717) is 24.6 Å². The van der Waals surface area contributed by atoms with E-state index in [2.05, 4.69) is 31.1 Å². The molecule has 2 rings (SSSR count). The minimum absolute atomic E-state index is 0.0186. The first-order chi connectivity index (χ1) is 27.0. The lowest BCUT2D eigenvalue weighted by molar-refractivity contribution is -0.135. The molecule has 0 aliphatic carbocycles. The second-order valence-electron chi connectivity index (χ2n) is 13.2. The van der Waals surface area contributed by atoms with Crippen LogP contribution in [0, 0.1) is 0 Å². The zero-order valence-corrected chi connectivity index (χ0v) is 34.6. The summed E-state index contributed by atoms with van der Waals surface area (Å²) >= 11 is 1.86. The topological polar surface area (TPSA) is 292 Å². The second-order valence-corrected chi connectivity index (χ2v) is 17.1. The third-order valence-electron chi connectivity index (χ3n) is 8.71. The first-order valence-corrected chi connectivity index (χ1v) is 22.9. The standard InChI is InChI=1S/C31H55B2N7O14P2S/c32-18-28(44)39(20-27(43)36-12-16-52-55(47,48)49)13-11-35-26(42)21-40(29(45)19-33)14-17-54-56(50,51)53-15-7-3-1-2-6-10-34-25(41)9-5-4-8-24-30-23(22-57-24)37-31(46)38-30/h23-24,30H,1-22H2,(H,34,41)(H,35,42)(H,36,43)(H,50,51)(H2,37,38,46)(H2,47,48,49). The molecule has 26 heteroatoms.